The molecule has 0 saturated carbocycles. The fraction of sp³-hybridized carbons (Fsp3) is 0. The van der Waals surface area contributed by atoms with Gasteiger partial charge in [0.15, 0.2) is 0 Å². The Hall–Kier alpha value is -3.25. The summed E-state index contributed by atoms with van der Waals surface area (Å²) in [6.45, 7) is 0. The fourth-order valence-electron chi connectivity index (χ4n) is 2.22. The molecule has 0 heterocycles. The summed E-state index contributed by atoms with van der Waals surface area (Å²) in [7, 11) is 0. The summed E-state index contributed by atoms with van der Waals surface area (Å²) in [4.78, 5) is 24.0. The molecular formula is C21H15BrN2O3. The number of rotatable bonds is 5. The zero-order valence-electron chi connectivity index (χ0n) is 14.1. The van der Waals surface area contributed by atoms with Gasteiger partial charge in [-0.3, -0.25) is 4.79 Å². The van der Waals surface area contributed by atoms with Crippen LogP contribution >= 0.6 is 15.9 Å². The zero-order valence-corrected chi connectivity index (χ0v) is 15.7. The van der Waals surface area contributed by atoms with E-state index in [0.29, 0.717) is 16.9 Å². The second-order valence-corrected chi connectivity index (χ2v) is 6.45. The molecule has 0 radical (unpaired) electrons. The van der Waals surface area contributed by atoms with Gasteiger partial charge >= 0.3 is 5.97 Å². The van der Waals surface area contributed by atoms with Crippen molar-refractivity contribution in [3.05, 3.63) is 100 Å². The number of hydrogen-bond acceptors (Lipinski definition) is 4. The van der Waals surface area contributed by atoms with E-state index in [2.05, 4.69) is 26.5 Å². The number of amides is 1. The second-order valence-electron chi connectivity index (χ2n) is 5.53. The largest absolute Gasteiger partial charge is 0.423 e. The third kappa shape index (κ3) is 5.36. The minimum absolute atomic E-state index is 0.305. The minimum atomic E-state index is -0.418. The molecule has 0 spiro atoms. The van der Waals surface area contributed by atoms with E-state index < -0.39 is 5.97 Å². The number of nitrogens with zero attached hydrogens (tertiary/aromatic N) is 1. The molecule has 0 aliphatic rings. The SMILES string of the molecule is O=C(N/N=C/c1ccc(OC(=O)c2ccccc2)cc1)c1cccc(Br)c1. The molecule has 134 valence electrons. The molecule has 3 aromatic rings. The first-order chi connectivity index (χ1) is 13.1. The summed E-state index contributed by atoms with van der Waals surface area (Å²) in [6.07, 6.45) is 1.51. The van der Waals surface area contributed by atoms with E-state index in [1.165, 1.54) is 6.21 Å². The molecule has 0 fully saturated rings. The van der Waals surface area contributed by atoms with Gasteiger partial charge in [-0.15, -0.1) is 0 Å². The van der Waals surface area contributed by atoms with Gasteiger partial charge in [-0.2, -0.15) is 5.10 Å². The van der Waals surface area contributed by atoms with Gasteiger partial charge < -0.3 is 4.74 Å². The molecular weight excluding hydrogens is 408 g/mol. The molecule has 0 aliphatic heterocycles. The van der Waals surface area contributed by atoms with Crippen LogP contribution in [0.2, 0.25) is 0 Å². The average Bonchev–Trinajstić information content (AvgIpc) is 2.70. The molecule has 1 amide bonds. The van der Waals surface area contributed by atoms with E-state index in [1.54, 1.807) is 66.7 Å². The van der Waals surface area contributed by atoms with E-state index >= 15 is 0 Å². The first kappa shape index (κ1) is 18.5. The van der Waals surface area contributed by atoms with Crippen molar-refractivity contribution < 1.29 is 14.3 Å². The molecule has 1 N–H and O–H groups in total. The van der Waals surface area contributed by atoms with E-state index in [9.17, 15) is 9.59 Å². The fourth-order valence-corrected chi connectivity index (χ4v) is 2.62. The third-order valence-electron chi connectivity index (χ3n) is 3.57. The van der Waals surface area contributed by atoms with Gasteiger partial charge in [-0.25, -0.2) is 10.2 Å². The van der Waals surface area contributed by atoms with Crippen LogP contribution in [0, 0.1) is 0 Å². The normalized spacial score (nSPS) is 10.6. The molecule has 3 rings (SSSR count). The Kier molecular flexibility index (Phi) is 6.12. The lowest BCUT2D eigenvalue weighted by atomic mass is 10.2. The Balaban J connectivity index is 1.56. The van der Waals surface area contributed by atoms with Crippen LogP contribution in [0.1, 0.15) is 26.3 Å². The molecule has 0 atom stereocenters. The van der Waals surface area contributed by atoms with Gasteiger partial charge in [-0.1, -0.05) is 40.2 Å². The van der Waals surface area contributed by atoms with Crippen LogP contribution in [0.5, 0.6) is 5.75 Å². The first-order valence-electron chi connectivity index (χ1n) is 8.08. The van der Waals surface area contributed by atoms with Gasteiger partial charge in [0.05, 0.1) is 11.8 Å². The smallest absolute Gasteiger partial charge is 0.343 e. The highest BCUT2D eigenvalue weighted by Crippen LogP contribution is 2.14. The second kappa shape index (κ2) is 8.91. The molecule has 5 nitrogen and oxygen atoms in total. The molecule has 0 aliphatic carbocycles. The highest BCUT2D eigenvalue weighted by atomic mass is 79.9. The Bertz CT molecular complexity index is 970. The summed E-state index contributed by atoms with van der Waals surface area (Å²) in [5, 5.41) is 3.94. The maximum atomic E-state index is 12.0. The van der Waals surface area contributed by atoms with E-state index in [4.69, 9.17) is 4.74 Å². The van der Waals surface area contributed by atoms with Crippen molar-refractivity contribution in [3.8, 4) is 5.75 Å². The summed E-state index contributed by atoms with van der Waals surface area (Å²) < 4.78 is 6.13. The minimum Gasteiger partial charge on any atom is -0.423 e. The van der Waals surface area contributed by atoms with Crippen LogP contribution in [-0.4, -0.2) is 18.1 Å². The van der Waals surface area contributed by atoms with E-state index in [0.717, 1.165) is 10.0 Å². The van der Waals surface area contributed by atoms with Crippen molar-refractivity contribution in [2.75, 3.05) is 0 Å². The van der Waals surface area contributed by atoms with Crippen molar-refractivity contribution >= 4 is 34.0 Å². The van der Waals surface area contributed by atoms with Crippen molar-refractivity contribution in [1.82, 2.24) is 5.43 Å². The summed E-state index contributed by atoms with van der Waals surface area (Å²) in [5.74, 6) is -0.293. The highest BCUT2D eigenvalue weighted by Gasteiger charge is 2.07. The number of halogens is 1. The molecule has 6 heteroatoms. The lowest BCUT2D eigenvalue weighted by molar-refractivity contribution is 0.0734. The van der Waals surface area contributed by atoms with Crippen molar-refractivity contribution in [2.24, 2.45) is 5.10 Å². The van der Waals surface area contributed by atoms with Crippen LogP contribution in [0.3, 0.4) is 0 Å². The molecule has 0 saturated heterocycles. The summed E-state index contributed by atoms with van der Waals surface area (Å²) >= 11 is 3.32. The highest BCUT2D eigenvalue weighted by molar-refractivity contribution is 9.10. The lowest BCUT2D eigenvalue weighted by Gasteiger charge is -2.04. The molecule has 3 aromatic carbocycles. The maximum Gasteiger partial charge on any atom is 0.343 e. The quantitative estimate of drug-likeness (QED) is 0.286. The standard InChI is InChI=1S/C21H15BrN2O3/c22-18-8-4-7-17(13-18)20(25)24-23-14-15-9-11-19(12-10-15)27-21(26)16-5-2-1-3-6-16/h1-14H,(H,24,25)/b23-14+. The number of nitrogens with one attached hydrogen (secondary N) is 1. The lowest BCUT2D eigenvalue weighted by Crippen LogP contribution is -2.17. The Morgan fingerprint density at radius 2 is 1.59 bits per heavy atom. The predicted octanol–water partition coefficient (Wildman–Crippen LogP) is 4.43. The molecule has 0 bridgehead atoms. The van der Waals surface area contributed by atoms with E-state index in [-0.39, 0.29) is 5.91 Å². The van der Waals surface area contributed by atoms with Gasteiger partial charge in [0.1, 0.15) is 5.75 Å². The summed E-state index contributed by atoms with van der Waals surface area (Å²) in [5.41, 5.74) is 4.21. The van der Waals surface area contributed by atoms with Crippen LogP contribution in [0.25, 0.3) is 0 Å². The monoisotopic (exact) mass is 422 g/mol. The Morgan fingerprint density at radius 3 is 2.30 bits per heavy atom. The number of hydrazone groups is 1. The van der Waals surface area contributed by atoms with Gasteiger partial charge in [-0.05, 0) is 60.2 Å². The van der Waals surface area contributed by atoms with Crippen LogP contribution in [0.4, 0.5) is 0 Å². The maximum absolute atomic E-state index is 12.0. The number of carbonyl (C=O) groups excluding carboxylic acids is 2. The third-order valence-corrected chi connectivity index (χ3v) is 4.06. The molecule has 0 unspecified atom stereocenters. The van der Waals surface area contributed by atoms with Gasteiger partial charge in [0.25, 0.3) is 5.91 Å². The van der Waals surface area contributed by atoms with Crippen LogP contribution < -0.4 is 10.2 Å². The van der Waals surface area contributed by atoms with Crippen molar-refractivity contribution in [2.45, 2.75) is 0 Å². The number of esters is 1. The topological polar surface area (TPSA) is 67.8 Å². The Labute approximate surface area is 164 Å². The molecule has 27 heavy (non-hydrogen) atoms. The van der Waals surface area contributed by atoms with Gasteiger partial charge in [0, 0.05) is 10.0 Å². The average molecular weight is 423 g/mol. The number of benzene rings is 3. The molecule has 0 aromatic heterocycles. The predicted molar refractivity (Wildman–Crippen MR) is 107 cm³/mol. The summed E-state index contributed by atoms with van der Waals surface area (Å²) in [6, 6.07) is 22.6. The van der Waals surface area contributed by atoms with Crippen LogP contribution in [-0.2, 0) is 0 Å². The Morgan fingerprint density at radius 1 is 0.889 bits per heavy atom. The van der Waals surface area contributed by atoms with Crippen LogP contribution in [0.15, 0.2) is 88.4 Å². The number of ether oxygens (including phenoxy) is 1. The van der Waals surface area contributed by atoms with E-state index in [1.807, 2.05) is 12.1 Å². The van der Waals surface area contributed by atoms with Crippen molar-refractivity contribution in [3.63, 3.8) is 0 Å². The zero-order chi connectivity index (χ0) is 19.1. The van der Waals surface area contributed by atoms with Crippen molar-refractivity contribution in [1.29, 1.82) is 0 Å². The number of carbonyl (C=O) groups is 2. The van der Waals surface area contributed by atoms with Gasteiger partial charge in [0.2, 0.25) is 0 Å². The first-order valence-corrected chi connectivity index (χ1v) is 8.87. The number of hydrogen-bond donors (Lipinski definition) is 1.